The van der Waals surface area contributed by atoms with E-state index >= 15 is 0 Å². The van der Waals surface area contributed by atoms with Gasteiger partial charge in [-0.05, 0) is 53.6 Å². The second-order valence-corrected chi connectivity index (χ2v) is 4.92. The Balaban J connectivity index is 2.20. The van der Waals surface area contributed by atoms with Crippen LogP contribution in [0.4, 0.5) is 10.5 Å². The summed E-state index contributed by atoms with van der Waals surface area (Å²) in [5, 5.41) is 0.0725. The molecule has 0 fully saturated rings. The number of rotatable bonds is 4. The molecule has 0 aliphatic heterocycles. The molecule has 0 spiro atoms. The molecule has 20 heavy (non-hydrogen) atoms. The number of carbonyl (C=O) groups excluding carboxylic acids is 1. The topological polar surface area (TPSA) is 29.5 Å². The number of benzene rings is 2. The van der Waals surface area contributed by atoms with Crippen LogP contribution >= 0.6 is 23.2 Å². The summed E-state index contributed by atoms with van der Waals surface area (Å²) < 4.78 is 5.10. The molecule has 2 rings (SSSR count). The van der Waals surface area contributed by atoms with Crippen LogP contribution < -0.4 is 9.64 Å². The fourth-order valence-electron chi connectivity index (χ4n) is 1.79. The van der Waals surface area contributed by atoms with Crippen molar-refractivity contribution in [2.24, 2.45) is 0 Å². The predicted molar refractivity (Wildman–Crippen MR) is 81.9 cm³/mol. The van der Waals surface area contributed by atoms with Gasteiger partial charge in [-0.15, -0.1) is 0 Å². The maximum absolute atomic E-state index is 11.6. The highest BCUT2D eigenvalue weighted by Gasteiger charge is 2.13. The Morgan fingerprint density at radius 2 is 1.70 bits per heavy atom. The van der Waals surface area contributed by atoms with Crippen LogP contribution in [0.1, 0.15) is 5.56 Å². The van der Waals surface area contributed by atoms with Crippen molar-refractivity contribution in [3.63, 3.8) is 0 Å². The van der Waals surface area contributed by atoms with Crippen molar-refractivity contribution in [2.75, 3.05) is 12.0 Å². The van der Waals surface area contributed by atoms with E-state index in [1.807, 2.05) is 24.3 Å². The molecule has 0 aliphatic carbocycles. The molecule has 5 heteroatoms. The third-order valence-corrected chi connectivity index (χ3v) is 3.31. The summed E-state index contributed by atoms with van der Waals surface area (Å²) in [6.07, 6.45) is 0. The lowest BCUT2D eigenvalue weighted by atomic mass is 10.2. The molecule has 1 amide bonds. The Hall–Kier alpha value is -1.71. The second kappa shape index (κ2) is 6.64. The summed E-state index contributed by atoms with van der Waals surface area (Å²) in [7, 11) is 1.61. The quantitative estimate of drug-likeness (QED) is 0.604. The molecule has 104 valence electrons. The molecule has 0 unspecified atom stereocenters. The number of amides is 1. The number of hydrogen-bond acceptors (Lipinski definition) is 2. The van der Waals surface area contributed by atoms with E-state index in [1.54, 1.807) is 31.4 Å². The largest absolute Gasteiger partial charge is 0.497 e. The molecule has 0 aliphatic rings. The Morgan fingerprint density at radius 1 is 1.10 bits per heavy atom. The number of hydrogen-bond donors (Lipinski definition) is 0. The Kier molecular flexibility index (Phi) is 4.88. The van der Waals surface area contributed by atoms with Gasteiger partial charge in [0.15, 0.2) is 0 Å². The number of anilines is 1. The SMILES string of the molecule is COc1ccc(CN(C(=O)Cl)c2ccc(Cl)cc2)cc1. The molecule has 2 aromatic rings. The molecule has 2 aromatic carbocycles. The Morgan fingerprint density at radius 3 is 2.20 bits per heavy atom. The summed E-state index contributed by atoms with van der Waals surface area (Å²) in [5.74, 6) is 0.768. The third kappa shape index (κ3) is 3.65. The summed E-state index contributed by atoms with van der Waals surface area (Å²) in [5.41, 5.74) is 1.65. The highest BCUT2D eigenvalue weighted by atomic mass is 35.5. The van der Waals surface area contributed by atoms with Gasteiger partial charge in [-0.25, -0.2) is 0 Å². The zero-order valence-corrected chi connectivity index (χ0v) is 12.4. The van der Waals surface area contributed by atoms with Crippen molar-refractivity contribution < 1.29 is 9.53 Å². The molecule has 0 atom stereocenters. The molecule has 0 saturated heterocycles. The lowest BCUT2D eigenvalue weighted by molar-refractivity contribution is 0.264. The number of methoxy groups -OCH3 is 1. The van der Waals surface area contributed by atoms with Gasteiger partial charge in [0.2, 0.25) is 0 Å². The minimum Gasteiger partial charge on any atom is -0.497 e. The van der Waals surface area contributed by atoms with Crippen LogP contribution in [0, 0.1) is 0 Å². The van der Waals surface area contributed by atoms with E-state index in [2.05, 4.69) is 0 Å². The number of carbonyl (C=O) groups is 1. The van der Waals surface area contributed by atoms with Crippen LogP contribution in [0.15, 0.2) is 48.5 Å². The van der Waals surface area contributed by atoms with Crippen molar-refractivity contribution in [1.82, 2.24) is 0 Å². The lowest BCUT2D eigenvalue weighted by Gasteiger charge is -2.20. The highest BCUT2D eigenvalue weighted by molar-refractivity contribution is 6.66. The first kappa shape index (κ1) is 14.7. The first-order valence-corrected chi connectivity index (χ1v) is 6.71. The van der Waals surface area contributed by atoms with Crippen LogP contribution in [0.25, 0.3) is 0 Å². The van der Waals surface area contributed by atoms with E-state index in [0.717, 1.165) is 11.3 Å². The van der Waals surface area contributed by atoms with E-state index < -0.39 is 5.37 Å². The number of ether oxygens (including phenoxy) is 1. The summed E-state index contributed by atoms with van der Waals surface area (Å²) in [4.78, 5) is 13.1. The number of halogens is 2. The van der Waals surface area contributed by atoms with Crippen LogP contribution in [-0.4, -0.2) is 12.5 Å². The van der Waals surface area contributed by atoms with Gasteiger partial charge in [0.05, 0.1) is 13.7 Å². The maximum Gasteiger partial charge on any atom is 0.321 e. The molecule has 0 aromatic heterocycles. The third-order valence-electron chi connectivity index (χ3n) is 2.85. The second-order valence-electron chi connectivity index (χ2n) is 4.16. The minimum absolute atomic E-state index is 0.383. The van der Waals surface area contributed by atoms with Crippen molar-refractivity contribution in [3.05, 3.63) is 59.1 Å². The zero-order chi connectivity index (χ0) is 14.5. The number of nitrogens with zero attached hydrogens (tertiary/aromatic N) is 1. The molecular weight excluding hydrogens is 297 g/mol. The van der Waals surface area contributed by atoms with Gasteiger partial charge in [-0.3, -0.25) is 9.69 Å². The lowest BCUT2D eigenvalue weighted by Crippen LogP contribution is -2.24. The average molecular weight is 310 g/mol. The van der Waals surface area contributed by atoms with Gasteiger partial charge in [-0.2, -0.15) is 0 Å². The van der Waals surface area contributed by atoms with Gasteiger partial charge in [-0.1, -0.05) is 23.7 Å². The van der Waals surface area contributed by atoms with Crippen LogP contribution in [-0.2, 0) is 6.54 Å². The molecular formula is C15H13Cl2NO2. The van der Waals surface area contributed by atoms with E-state index in [0.29, 0.717) is 17.3 Å². The smallest absolute Gasteiger partial charge is 0.321 e. The van der Waals surface area contributed by atoms with Crippen molar-refractivity contribution in [2.45, 2.75) is 6.54 Å². The summed E-state index contributed by atoms with van der Waals surface area (Å²) >= 11 is 11.5. The first-order chi connectivity index (χ1) is 9.60. The van der Waals surface area contributed by atoms with Crippen molar-refractivity contribution in [3.8, 4) is 5.75 Å². The van der Waals surface area contributed by atoms with Gasteiger partial charge in [0, 0.05) is 10.7 Å². The normalized spacial score (nSPS) is 10.2. The first-order valence-electron chi connectivity index (χ1n) is 5.95. The maximum atomic E-state index is 11.6. The molecule has 0 saturated carbocycles. The van der Waals surface area contributed by atoms with Gasteiger partial charge >= 0.3 is 5.37 Å². The predicted octanol–water partition coefficient (Wildman–Crippen LogP) is 4.71. The van der Waals surface area contributed by atoms with Crippen molar-refractivity contribution in [1.29, 1.82) is 0 Å². The fourth-order valence-corrected chi connectivity index (χ4v) is 2.07. The Labute approximate surface area is 127 Å². The van der Waals surface area contributed by atoms with E-state index in [4.69, 9.17) is 27.9 Å². The van der Waals surface area contributed by atoms with Crippen LogP contribution in [0.2, 0.25) is 5.02 Å². The van der Waals surface area contributed by atoms with Gasteiger partial charge in [0.1, 0.15) is 5.75 Å². The standard InChI is InChI=1S/C15H13Cl2NO2/c1-20-14-8-2-11(3-9-14)10-18(15(17)19)13-6-4-12(16)5-7-13/h2-9H,10H2,1H3. The molecule has 3 nitrogen and oxygen atoms in total. The van der Waals surface area contributed by atoms with Gasteiger partial charge in [0.25, 0.3) is 0 Å². The Bertz CT molecular complexity index is 582. The zero-order valence-electron chi connectivity index (χ0n) is 10.8. The van der Waals surface area contributed by atoms with Crippen molar-refractivity contribution >= 4 is 34.3 Å². The van der Waals surface area contributed by atoms with E-state index in [-0.39, 0.29) is 0 Å². The monoisotopic (exact) mass is 309 g/mol. The summed E-state index contributed by atoms with van der Waals surface area (Å²) in [6.45, 7) is 0.383. The van der Waals surface area contributed by atoms with Crippen LogP contribution in [0.5, 0.6) is 5.75 Å². The van der Waals surface area contributed by atoms with E-state index in [1.165, 1.54) is 4.90 Å². The molecule has 0 radical (unpaired) electrons. The molecule has 0 bridgehead atoms. The van der Waals surface area contributed by atoms with Crippen LogP contribution in [0.3, 0.4) is 0 Å². The fraction of sp³-hybridized carbons (Fsp3) is 0.133. The van der Waals surface area contributed by atoms with E-state index in [9.17, 15) is 4.79 Å². The molecule has 0 N–H and O–H groups in total. The minimum atomic E-state index is -0.539. The molecule has 0 heterocycles. The highest BCUT2D eigenvalue weighted by Crippen LogP contribution is 2.22. The average Bonchev–Trinajstić information content (AvgIpc) is 2.46. The summed E-state index contributed by atoms with van der Waals surface area (Å²) in [6, 6.07) is 14.4. The van der Waals surface area contributed by atoms with Gasteiger partial charge < -0.3 is 4.74 Å².